The molecular formula is C27H31N7O. The number of rotatable bonds is 7. The van der Waals surface area contributed by atoms with Gasteiger partial charge in [-0.2, -0.15) is 0 Å². The average molecular weight is 470 g/mol. The van der Waals surface area contributed by atoms with E-state index in [9.17, 15) is 4.79 Å². The van der Waals surface area contributed by atoms with Gasteiger partial charge in [0.05, 0.1) is 11.3 Å². The van der Waals surface area contributed by atoms with Gasteiger partial charge in [0.15, 0.2) is 0 Å². The van der Waals surface area contributed by atoms with Gasteiger partial charge >= 0.3 is 0 Å². The second-order valence-electron chi connectivity index (χ2n) is 9.77. The summed E-state index contributed by atoms with van der Waals surface area (Å²) in [6.45, 7) is 5.31. The number of aromatic nitrogens is 2. The highest BCUT2D eigenvalue weighted by atomic mass is 16.1. The summed E-state index contributed by atoms with van der Waals surface area (Å²) in [6, 6.07) is 15.5. The van der Waals surface area contributed by atoms with Crippen LogP contribution in [0.25, 0.3) is 0 Å². The van der Waals surface area contributed by atoms with Gasteiger partial charge in [-0.3, -0.25) is 10.2 Å². The Balaban J connectivity index is 1.32. The van der Waals surface area contributed by atoms with E-state index in [1.165, 1.54) is 11.9 Å². The zero-order valence-corrected chi connectivity index (χ0v) is 20.0. The standard InChI is InChI=1S/C27H31N7O/c1-15(2)19-4-3-5-20(12-19)33-27(35)18-8-6-17(7-9-18)24(28)23-25(29)31-14-32-26(23)34-22-11-16-10-21(22)30-13-16/h3-9,12,14-16,21-22,28,30H,10-11,13H2,1-2H3,(H,33,35)(H3,29,31,32,34). The van der Waals surface area contributed by atoms with Gasteiger partial charge in [-0.05, 0) is 61.1 Å². The SMILES string of the molecule is CC(C)c1cccc(NC(=O)c2ccc(C(=N)c3c(N)ncnc3NC3CC4CNC3C4)cc2)c1. The maximum Gasteiger partial charge on any atom is 0.255 e. The van der Waals surface area contributed by atoms with E-state index < -0.39 is 0 Å². The number of fused-ring (bicyclic) bond motifs is 2. The fourth-order valence-electron chi connectivity index (χ4n) is 5.05. The Kier molecular flexibility index (Phi) is 6.21. The van der Waals surface area contributed by atoms with E-state index in [2.05, 4.69) is 45.8 Å². The highest BCUT2D eigenvalue weighted by molar-refractivity contribution is 6.16. The molecule has 3 unspecified atom stereocenters. The molecule has 1 saturated carbocycles. The molecule has 1 amide bonds. The van der Waals surface area contributed by atoms with Crippen LogP contribution in [0.2, 0.25) is 0 Å². The average Bonchev–Trinajstić information content (AvgIpc) is 3.47. The van der Waals surface area contributed by atoms with Crippen LogP contribution in [0.5, 0.6) is 0 Å². The number of nitrogens with zero attached hydrogens (tertiary/aromatic N) is 2. The molecule has 180 valence electrons. The minimum atomic E-state index is -0.197. The number of anilines is 3. The molecule has 35 heavy (non-hydrogen) atoms. The number of carbonyl (C=O) groups excluding carboxylic acids is 1. The maximum absolute atomic E-state index is 12.8. The molecule has 0 spiro atoms. The first-order chi connectivity index (χ1) is 16.9. The van der Waals surface area contributed by atoms with Crippen LogP contribution in [0.3, 0.4) is 0 Å². The quantitative estimate of drug-likeness (QED) is 0.333. The van der Waals surface area contributed by atoms with Crippen LogP contribution in [0.1, 0.15) is 59.7 Å². The predicted octanol–water partition coefficient (Wildman–Crippen LogP) is 4.01. The van der Waals surface area contributed by atoms with E-state index in [1.807, 2.05) is 18.2 Å². The van der Waals surface area contributed by atoms with Crippen molar-refractivity contribution in [2.75, 3.05) is 22.9 Å². The molecule has 1 saturated heterocycles. The van der Waals surface area contributed by atoms with Crippen molar-refractivity contribution in [2.24, 2.45) is 5.92 Å². The third-order valence-corrected chi connectivity index (χ3v) is 7.02. The summed E-state index contributed by atoms with van der Waals surface area (Å²) >= 11 is 0. The molecule has 5 rings (SSSR count). The second-order valence-corrected chi connectivity index (χ2v) is 9.77. The lowest BCUT2D eigenvalue weighted by atomic mass is 10.0. The molecule has 1 aliphatic carbocycles. The fraction of sp³-hybridized carbons (Fsp3) is 0.333. The molecule has 3 atom stereocenters. The van der Waals surface area contributed by atoms with Gasteiger partial charge in [0.2, 0.25) is 0 Å². The lowest BCUT2D eigenvalue weighted by Gasteiger charge is -2.25. The summed E-state index contributed by atoms with van der Waals surface area (Å²) in [5, 5.41) is 18.8. The number of nitrogen functional groups attached to an aromatic ring is 1. The first kappa shape index (κ1) is 23.0. The lowest BCUT2D eigenvalue weighted by Crippen LogP contribution is -2.41. The third kappa shape index (κ3) is 4.74. The minimum Gasteiger partial charge on any atom is -0.383 e. The van der Waals surface area contributed by atoms with Crippen molar-refractivity contribution in [3.63, 3.8) is 0 Å². The van der Waals surface area contributed by atoms with E-state index in [0.717, 1.165) is 25.1 Å². The monoisotopic (exact) mass is 469 g/mol. The van der Waals surface area contributed by atoms with Crippen molar-refractivity contribution in [1.82, 2.24) is 15.3 Å². The Bertz CT molecular complexity index is 1250. The normalized spacial score (nSPS) is 20.7. The number of hydrogen-bond acceptors (Lipinski definition) is 7. The van der Waals surface area contributed by atoms with Gasteiger partial charge in [0.25, 0.3) is 5.91 Å². The molecule has 1 aromatic heterocycles. The maximum atomic E-state index is 12.8. The molecule has 2 heterocycles. The smallest absolute Gasteiger partial charge is 0.255 e. The Morgan fingerprint density at radius 1 is 1.11 bits per heavy atom. The van der Waals surface area contributed by atoms with Crippen molar-refractivity contribution < 1.29 is 4.79 Å². The summed E-state index contributed by atoms with van der Waals surface area (Å²) in [5.41, 5.74) is 9.98. The van der Waals surface area contributed by atoms with Gasteiger partial charge < -0.3 is 21.7 Å². The Morgan fingerprint density at radius 2 is 1.89 bits per heavy atom. The van der Waals surface area contributed by atoms with E-state index >= 15 is 0 Å². The van der Waals surface area contributed by atoms with Crippen LogP contribution in [-0.2, 0) is 0 Å². The number of nitrogens with one attached hydrogen (secondary N) is 4. The molecule has 1 aliphatic heterocycles. The van der Waals surface area contributed by atoms with Crippen molar-refractivity contribution in [3.05, 3.63) is 77.1 Å². The van der Waals surface area contributed by atoms with Gasteiger partial charge in [-0.15, -0.1) is 0 Å². The summed E-state index contributed by atoms with van der Waals surface area (Å²) in [5.74, 6) is 1.71. The van der Waals surface area contributed by atoms with Gasteiger partial charge in [-0.25, -0.2) is 9.97 Å². The van der Waals surface area contributed by atoms with Crippen LogP contribution in [-0.4, -0.2) is 40.2 Å². The number of benzene rings is 2. The van der Waals surface area contributed by atoms with Crippen LogP contribution >= 0.6 is 0 Å². The molecule has 2 fully saturated rings. The molecule has 6 N–H and O–H groups in total. The molecule has 2 aliphatic rings. The van der Waals surface area contributed by atoms with Crippen molar-refractivity contribution in [2.45, 2.75) is 44.7 Å². The summed E-state index contributed by atoms with van der Waals surface area (Å²) in [4.78, 5) is 21.3. The predicted molar refractivity (Wildman–Crippen MR) is 139 cm³/mol. The van der Waals surface area contributed by atoms with Crippen LogP contribution in [0, 0.1) is 11.3 Å². The van der Waals surface area contributed by atoms with Crippen LogP contribution < -0.4 is 21.7 Å². The summed E-state index contributed by atoms with van der Waals surface area (Å²) < 4.78 is 0. The first-order valence-corrected chi connectivity index (χ1v) is 12.1. The zero-order chi connectivity index (χ0) is 24.5. The number of piperidine rings is 1. The van der Waals surface area contributed by atoms with Crippen molar-refractivity contribution in [1.29, 1.82) is 5.41 Å². The Labute approximate surface area is 205 Å². The number of amides is 1. The minimum absolute atomic E-state index is 0.197. The van der Waals surface area contributed by atoms with E-state index in [0.29, 0.717) is 40.4 Å². The molecular weight excluding hydrogens is 438 g/mol. The highest BCUT2D eigenvalue weighted by Gasteiger charge is 2.39. The van der Waals surface area contributed by atoms with E-state index in [4.69, 9.17) is 11.1 Å². The van der Waals surface area contributed by atoms with Crippen LogP contribution in [0.15, 0.2) is 54.9 Å². The van der Waals surface area contributed by atoms with E-state index in [-0.39, 0.29) is 23.5 Å². The van der Waals surface area contributed by atoms with Crippen molar-refractivity contribution >= 4 is 28.9 Å². The van der Waals surface area contributed by atoms with E-state index in [1.54, 1.807) is 24.3 Å². The summed E-state index contributed by atoms with van der Waals surface area (Å²) in [6.07, 6.45) is 3.67. The first-order valence-electron chi connectivity index (χ1n) is 12.1. The number of carbonyl (C=O) groups is 1. The Morgan fingerprint density at radius 3 is 2.57 bits per heavy atom. The highest BCUT2D eigenvalue weighted by Crippen LogP contribution is 2.34. The summed E-state index contributed by atoms with van der Waals surface area (Å²) in [7, 11) is 0. The Hall–Kier alpha value is -3.78. The zero-order valence-electron chi connectivity index (χ0n) is 20.0. The van der Waals surface area contributed by atoms with Gasteiger partial charge in [0, 0.05) is 28.9 Å². The number of nitrogens with two attached hydrogens (primary N) is 1. The molecule has 3 aromatic rings. The lowest BCUT2D eigenvalue weighted by molar-refractivity contribution is 0.102. The van der Waals surface area contributed by atoms with Crippen LogP contribution in [0.4, 0.5) is 17.3 Å². The molecule has 8 heteroatoms. The topological polar surface area (TPSA) is 129 Å². The molecule has 2 bridgehead atoms. The fourth-order valence-corrected chi connectivity index (χ4v) is 5.05. The number of hydrogen-bond donors (Lipinski definition) is 5. The largest absolute Gasteiger partial charge is 0.383 e. The van der Waals surface area contributed by atoms with Gasteiger partial charge in [-0.1, -0.05) is 38.1 Å². The third-order valence-electron chi connectivity index (χ3n) is 7.02. The molecule has 8 nitrogen and oxygen atoms in total. The molecule has 0 radical (unpaired) electrons. The second kappa shape index (κ2) is 9.46. The van der Waals surface area contributed by atoms with Crippen molar-refractivity contribution in [3.8, 4) is 0 Å². The molecule has 2 aromatic carbocycles. The van der Waals surface area contributed by atoms with Gasteiger partial charge in [0.1, 0.15) is 18.0 Å².